The van der Waals surface area contributed by atoms with Crippen LogP contribution in [0.4, 0.5) is 5.82 Å². The first-order valence-electron chi connectivity index (χ1n) is 8.48. The molecule has 2 aliphatic rings. The lowest BCUT2D eigenvalue weighted by molar-refractivity contribution is -0.134. The Morgan fingerprint density at radius 1 is 1.39 bits per heavy atom. The normalized spacial score (nSPS) is 22.8. The quantitative estimate of drug-likeness (QED) is 0.903. The second kappa shape index (κ2) is 7.75. The summed E-state index contributed by atoms with van der Waals surface area (Å²) in [4.78, 5) is 21.1. The van der Waals surface area contributed by atoms with E-state index in [0.29, 0.717) is 12.5 Å². The Labute approximate surface area is 137 Å². The molecule has 0 aromatic carbocycles. The molecule has 1 atom stereocenters. The summed E-state index contributed by atoms with van der Waals surface area (Å²) in [6.45, 7) is 5.41. The summed E-state index contributed by atoms with van der Waals surface area (Å²) in [6.07, 6.45) is 4.04. The molecule has 2 saturated heterocycles. The molecule has 0 bridgehead atoms. The van der Waals surface area contributed by atoms with Crippen LogP contribution in [0.5, 0.6) is 0 Å². The number of pyridine rings is 1. The van der Waals surface area contributed by atoms with Gasteiger partial charge in [-0.3, -0.25) is 9.69 Å². The van der Waals surface area contributed by atoms with Gasteiger partial charge in [0.15, 0.2) is 0 Å². The zero-order valence-electron chi connectivity index (χ0n) is 13.8. The van der Waals surface area contributed by atoms with Crippen LogP contribution in [-0.4, -0.2) is 73.7 Å². The molecule has 1 N–H and O–H groups in total. The predicted octanol–water partition coefficient (Wildman–Crippen LogP) is 1.16. The van der Waals surface area contributed by atoms with Crippen LogP contribution >= 0.6 is 0 Å². The van der Waals surface area contributed by atoms with Crippen LogP contribution in [0.2, 0.25) is 0 Å². The lowest BCUT2D eigenvalue weighted by Crippen LogP contribution is -2.47. The lowest BCUT2D eigenvalue weighted by Gasteiger charge is -2.35. The molecule has 2 fully saturated rings. The SMILES string of the molecule is CNc1cc([C@H]2CCCN(C(=O)CN3CCOCC3)C2)ccn1. The number of aromatic nitrogens is 1. The molecule has 23 heavy (non-hydrogen) atoms. The van der Waals surface area contributed by atoms with Gasteiger partial charge in [0.1, 0.15) is 5.82 Å². The molecule has 0 aliphatic carbocycles. The molecular weight excluding hydrogens is 292 g/mol. The first-order valence-corrected chi connectivity index (χ1v) is 8.48. The zero-order valence-corrected chi connectivity index (χ0v) is 13.8. The van der Waals surface area contributed by atoms with Crippen molar-refractivity contribution in [3.05, 3.63) is 23.9 Å². The second-order valence-corrected chi connectivity index (χ2v) is 6.29. The van der Waals surface area contributed by atoms with E-state index in [-0.39, 0.29) is 5.91 Å². The maximum Gasteiger partial charge on any atom is 0.236 e. The smallest absolute Gasteiger partial charge is 0.236 e. The highest BCUT2D eigenvalue weighted by molar-refractivity contribution is 5.78. The first kappa shape index (κ1) is 16.2. The van der Waals surface area contributed by atoms with Crippen LogP contribution in [0.15, 0.2) is 18.3 Å². The van der Waals surface area contributed by atoms with Crippen molar-refractivity contribution >= 4 is 11.7 Å². The number of ether oxygens (including phenoxy) is 1. The van der Waals surface area contributed by atoms with Gasteiger partial charge in [0, 0.05) is 45.3 Å². The molecule has 3 heterocycles. The zero-order chi connectivity index (χ0) is 16.1. The van der Waals surface area contributed by atoms with E-state index < -0.39 is 0 Å². The fourth-order valence-corrected chi connectivity index (χ4v) is 3.36. The summed E-state index contributed by atoms with van der Waals surface area (Å²) in [6, 6.07) is 4.17. The minimum absolute atomic E-state index is 0.250. The molecule has 0 saturated carbocycles. The predicted molar refractivity (Wildman–Crippen MR) is 89.6 cm³/mol. The van der Waals surface area contributed by atoms with E-state index in [1.807, 2.05) is 18.1 Å². The van der Waals surface area contributed by atoms with Crippen molar-refractivity contribution in [1.82, 2.24) is 14.8 Å². The topological polar surface area (TPSA) is 57.7 Å². The number of rotatable bonds is 4. The summed E-state index contributed by atoms with van der Waals surface area (Å²) < 4.78 is 5.35. The van der Waals surface area contributed by atoms with Crippen molar-refractivity contribution in [2.75, 3.05) is 58.3 Å². The molecule has 6 heteroatoms. The van der Waals surface area contributed by atoms with Crippen molar-refractivity contribution in [2.24, 2.45) is 0 Å². The summed E-state index contributed by atoms with van der Waals surface area (Å²) in [5, 5.41) is 3.08. The minimum atomic E-state index is 0.250. The van der Waals surface area contributed by atoms with E-state index in [1.54, 1.807) is 0 Å². The van der Waals surface area contributed by atoms with Gasteiger partial charge >= 0.3 is 0 Å². The molecule has 0 spiro atoms. The van der Waals surface area contributed by atoms with Crippen molar-refractivity contribution in [1.29, 1.82) is 0 Å². The van der Waals surface area contributed by atoms with Gasteiger partial charge in [0.25, 0.3) is 0 Å². The van der Waals surface area contributed by atoms with E-state index in [2.05, 4.69) is 27.3 Å². The highest BCUT2D eigenvalue weighted by atomic mass is 16.5. The number of carbonyl (C=O) groups is 1. The summed E-state index contributed by atoms with van der Waals surface area (Å²) in [5.74, 6) is 1.55. The van der Waals surface area contributed by atoms with Crippen LogP contribution in [0.3, 0.4) is 0 Å². The highest BCUT2D eigenvalue weighted by Crippen LogP contribution is 2.27. The maximum atomic E-state index is 12.6. The van der Waals surface area contributed by atoms with Crippen LogP contribution in [0.25, 0.3) is 0 Å². The number of anilines is 1. The third-order valence-electron chi connectivity index (χ3n) is 4.75. The van der Waals surface area contributed by atoms with Crippen molar-refractivity contribution in [3.63, 3.8) is 0 Å². The number of nitrogens with zero attached hydrogens (tertiary/aromatic N) is 3. The Morgan fingerprint density at radius 2 is 2.22 bits per heavy atom. The Balaban J connectivity index is 1.59. The van der Waals surface area contributed by atoms with E-state index in [0.717, 1.165) is 58.1 Å². The Morgan fingerprint density at radius 3 is 3.00 bits per heavy atom. The van der Waals surface area contributed by atoms with E-state index in [4.69, 9.17) is 4.74 Å². The Hall–Kier alpha value is -1.66. The largest absolute Gasteiger partial charge is 0.379 e. The van der Waals surface area contributed by atoms with E-state index in [1.165, 1.54) is 5.56 Å². The average Bonchev–Trinajstić information content (AvgIpc) is 2.63. The van der Waals surface area contributed by atoms with Crippen LogP contribution in [0, 0.1) is 0 Å². The van der Waals surface area contributed by atoms with Gasteiger partial charge in [-0.15, -0.1) is 0 Å². The van der Waals surface area contributed by atoms with Gasteiger partial charge in [0.2, 0.25) is 5.91 Å². The third kappa shape index (κ3) is 4.20. The molecule has 126 valence electrons. The Kier molecular flexibility index (Phi) is 5.46. The number of hydrogen-bond acceptors (Lipinski definition) is 5. The molecule has 1 aromatic rings. The van der Waals surface area contributed by atoms with E-state index in [9.17, 15) is 4.79 Å². The number of likely N-dealkylation sites (tertiary alicyclic amines) is 1. The van der Waals surface area contributed by atoms with Gasteiger partial charge < -0.3 is 15.0 Å². The molecule has 0 unspecified atom stereocenters. The van der Waals surface area contributed by atoms with Crippen molar-refractivity contribution in [2.45, 2.75) is 18.8 Å². The number of morpholine rings is 1. The molecule has 3 rings (SSSR count). The minimum Gasteiger partial charge on any atom is -0.379 e. The highest BCUT2D eigenvalue weighted by Gasteiger charge is 2.26. The maximum absolute atomic E-state index is 12.6. The third-order valence-corrected chi connectivity index (χ3v) is 4.75. The molecule has 6 nitrogen and oxygen atoms in total. The number of amides is 1. The van der Waals surface area contributed by atoms with Gasteiger partial charge in [-0.25, -0.2) is 4.98 Å². The second-order valence-electron chi connectivity index (χ2n) is 6.29. The molecule has 2 aliphatic heterocycles. The van der Waals surface area contributed by atoms with Crippen molar-refractivity contribution in [3.8, 4) is 0 Å². The molecular formula is C17H26N4O2. The van der Waals surface area contributed by atoms with Gasteiger partial charge in [0.05, 0.1) is 19.8 Å². The standard InChI is InChI=1S/C17H26N4O2/c1-18-16-11-14(4-5-19-16)15-3-2-6-21(12-15)17(22)13-20-7-9-23-10-8-20/h4-5,11,15H,2-3,6-10,12-13H2,1H3,(H,18,19)/t15-/m0/s1. The number of hydrogen-bond donors (Lipinski definition) is 1. The monoisotopic (exact) mass is 318 g/mol. The van der Waals surface area contributed by atoms with Gasteiger partial charge in [-0.2, -0.15) is 0 Å². The summed E-state index contributed by atoms with van der Waals surface area (Å²) >= 11 is 0. The van der Waals surface area contributed by atoms with Gasteiger partial charge in [-0.1, -0.05) is 0 Å². The fraction of sp³-hybridized carbons (Fsp3) is 0.647. The molecule has 1 aromatic heterocycles. The number of carbonyl (C=O) groups excluding carboxylic acids is 1. The van der Waals surface area contributed by atoms with Crippen LogP contribution < -0.4 is 5.32 Å². The fourth-order valence-electron chi connectivity index (χ4n) is 3.36. The summed E-state index contributed by atoms with van der Waals surface area (Å²) in [5.41, 5.74) is 1.27. The van der Waals surface area contributed by atoms with Crippen molar-refractivity contribution < 1.29 is 9.53 Å². The van der Waals surface area contributed by atoms with E-state index >= 15 is 0 Å². The lowest BCUT2D eigenvalue weighted by atomic mass is 9.91. The van der Waals surface area contributed by atoms with Crippen LogP contribution in [-0.2, 0) is 9.53 Å². The summed E-state index contributed by atoms with van der Waals surface area (Å²) in [7, 11) is 1.88. The first-order chi connectivity index (χ1) is 11.3. The Bertz CT molecular complexity index is 531. The van der Waals surface area contributed by atoms with Crippen LogP contribution in [0.1, 0.15) is 24.3 Å². The average molecular weight is 318 g/mol. The number of piperidine rings is 1. The molecule has 0 radical (unpaired) electrons. The number of nitrogens with one attached hydrogen (secondary N) is 1. The molecule has 1 amide bonds. The van der Waals surface area contributed by atoms with Gasteiger partial charge in [-0.05, 0) is 30.5 Å².